The molecule has 2 aromatic carbocycles. The van der Waals surface area contributed by atoms with E-state index in [9.17, 15) is 5.26 Å². The Labute approximate surface area is 127 Å². The minimum atomic E-state index is 0.246. The Morgan fingerprint density at radius 2 is 1.95 bits per heavy atom. The van der Waals surface area contributed by atoms with Crippen molar-refractivity contribution in [2.45, 2.75) is 0 Å². The molecule has 106 valence electrons. The molecule has 4 nitrogen and oxygen atoms in total. The number of fused-ring (bicyclic) bond motifs is 2. The van der Waals surface area contributed by atoms with Gasteiger partial charge in [0.25, 0.3) is 0 Å². The van der Waals surface area contributed by atoms with Gasteiger partial charge in [0.2, 0.25) is 6.79 Å². The highest BCUT2D eigenvalue weighted by molar-refractivity contribution is 5.93. The van der Waals surface area contributed by atoms with Gasteiger partial charge in [-0.2, -0.15) is 5.26 Å². The van der Waals surface area contributed by atoms with Gasteiger partial charge in [0, 0.05) is 10.9 Å². The summed E-state index contributed by atoms with van der Waals surface area (Å²) in [6.07, 6.45) is 1.84. The van der Waals surface area contributed by atoms with Crippen LogP contribution in [0.1, 0.15) is 11.3 Å². The van der Waals surface area contributed by atoms with Crippen LogP contribution >= 0.6 is 0 Å². The van der Waals surface area contributed by atoms with Crippen molar-refractivity contribution in [1.29, 1.82) is 5.26 Å². The summed E-state index contributed by atoms with van der Waals surface area (Å²) in [6.45, 7) is 0.246. The summed E-state index contributed by atoms with van der Waals surface area (Å²) >= 11 is 0. The fraction of sp³-hybridized carbons (Fsp3) is 0.0556. The van der Waals surface area contributed by atoms with Crippen molar-refractivity contribution in [1.82, 2.24) is 4.98 Å². The fourth-order valence-electron chi connectivity index (χ4n) is 2.56. The van der Waals surface area contributed by atoms with Crippen molar-refractivity contribution in [3.8, 4) is 17.6 Å². The standard InChI is InChI=1S/C18H12N2O2/c19-10-14(16-9-13-3-1-2-4-15(13)20-16)7-12-5-6-17-18(8-12)22-11-21-17/h1-9,20H,11H2/b14-7+. The van der Waals surface area contributed by atoms with Crippen LogP contribution in [0.15, 0.2) is 48.5 Å². The number of hydrogen-bond acceptors (Lipinski definition) is 3. The third-order valence-corrected chi connectivity index (χ3v) is 3.65. The first-order valence-electron chi connectivity index (χ1n) is 6.93. The van der Waals surface area contributed by atoms with Gasteiger partial charge >= 0.3 is 0 Å². The highest BCUT2D eigenvalue weighted by Gasteiger charge is 2.13. The number of ether oxygens (including phenoxy) is 2. The van der Waals surface area contributed by atoms with Crippen molar-refractivity contribution in [2.24, 2.45) is 0 Å². The molecule has 0 bridgehead atoms. The van der Waals surface area contributed by atoms with Gasteiger partial charge < -0.3 is 14.5 Å². The zero-order valence-electron chi connectivity index (χ0n) is 11.7. The van der Waals surface area contributed by atoms with Crippen LogP contribution in [0.2, 0.25) is 0 Å². The molecule has 0 unspecified atom stereocenters. The average molecular weight is 288 g/mol. The van der Waals surface area contributed by atoms with E-state index in [2.05, 4.69) is 11.1 Å². The SMILES string of the molecule is N#C/C(=C\c1ccc2c(c1)OCO2)c1cc2ccccc2[nH]1. The first kappa shape index (κ1) is 12.5. The predicted octanol–water partition coefficient (Wildman–Crippen LogP) is 3.96. The molecule has 1 aliphatic heterocycles. The Morgan fingerprint density at radius 1 is 1.09 bits per heavy atom. The number of allylic oxidation sites excluding steroid dienone is 1. The van der Waals surface area contributed by atoms with E-state index in [-0.39, 0.29) is 6.79 Å². The summed E-state index contributed by atoms with van der Waals surface area (Å²) in [7, 11) is 0. The summed E-state index contributed by atoms with van der Waals surface area (Å²) in [6, 6.07) is 17.8. The summed E-state index contributed by atoms with van der Waals surface area (Å²) in [5, 5.41) is 10.6. The van der Waals surface area contributed by atoms with E-state index in [1.54, 1.807) is 0 Å². The van der Waals surface area contributed by atoms with Crippen molar-refractivity contribution in [3.05, 3.63) is 59.8 Å². The predicted molar refractivity (Wildman–Crippen MR) is 84.3 cm³/mol. The Bertz CT molecular complexity index is 899. The fourth-order valence-corrected chi connectivity index (χ4v) is 2.56. The summed E-state index contributed by atoms with van der Waals surface area (Å²) in [5.74, 6) is 1.45. The normalized spacial score (nSPS) is 13.3. The smallest absolute Gasteiger partial charge is 0.231 e. The number of nitriles is 1. The number of para-hydroxylation sites is 1. The molecule has 0 saturated heterocycles. The van der Waals surface area contributed by atoms with Gasteiger partial charge in [-0.25, -0.2) is 0 Å². The number of aromatic amines is 1. The molecule has 1 aromatic heterocycles. The number of aromatic nitrogens is 1. The highest BCUT2D eigenvalue weighted by Crippen LogP contribution is 2.33. The molecule has 2 heterocycles. The van der Waals surface area contributed by atoms with E-state index >= 15 is 0 Å². The number of benzene rings is 2. The molecular weight excluding hydrogens is 276 g/mol. The summed E-state index contributed by atoms with van der Waals surface area (Å²) in [5.41, 5.74) is 3.31. The molecular formula is C18H12N2O2. The largest absolute Gasteiger partial charge is 0.454 e. The van der Waals surface area contributed by atoms with Gasteiger partial charge in [-0.1, -0.05) is 24.3 Å². The van der Waals surface area contributed by atoms with Crippen molar-refractivity contribution in [3.63, 3.8) is 0 Å². The zero-order chi connectivity index (χ0) is 14.9. The van der Waals surface area contributed by atoms with Gasteiger partial charge in [0.15, 0.2) is 11.5 Å². The number of rotatable bonds is 2. The van der Waals surface area contributed by atoms with Crippen LogP contribution in [0.25, 0.3) is 22.6 Å². The van der Waals surface area contributed by atoms with Crippen LogP contribution in [0, 0.1) is 11.3 Å². The second kappa shape index (κ2) is 4.97. The minimum Gasteiger partial charge on any atom is -0.454 e. The van der Waals surface area contributed by atoms with Gasteiger partial charge in [0.05, 0.1) is 11.3 Å². The Morgan fingerprint density at radius 3 is 2.82 bits per heavy atom. The lowest BCUT2D eigenvalue weighted by atomic mass is 10.1. The third kappa shape index (κ3) is 2.09. The second-order valence-electron chi connectivity index (χ2n) is 5.05. The van der Waals surface area contributed by atoms with Crippen molar-refractivity contribution in [2.75, 3.05) is 6.79 Å². The van der Waals surface area contributed by atoms with Crippen LogP contribution < -0.4 is 9.47 Å². The topological polar surface area (TPSA) is 58.0 Å². The van der Waals surface area contributed by atoms with E-state index in [0.29, 0.717) is 11.3 Å². The maximum absolute atomic E-state index is 9.47. The maximum Gasteiger partial charge on any atom is 0.231 e. The lowest BCUT2D eigenvalue weighted by Crippen LogP contribution is -1.92. The number of H-pyrrole nitrogens is 1. The van der Waals surface area contributed by atoms with E-state index in [1.165, 1.54) is 0 Å². The molecule has 1 N–H and O–H groups in total. The molecule has 0 atom stereocenters. The van der Waals surface area contributed by atoms with Crippen molar-refractivity contribution >= 4 is 22.6 Å². The zero-order valence-corrected chi connectivity index (χ0v) is 11.7. The first-order chi connectivity index (χ1) is 10.8. The van der Waals surface area contributed by atoms with Gasteiger partial charge in [-0.15, -0.1) is 0 Å². The van der Waals surface area contributed by atoms with Crippen LogP contribution in [0.5, 0.6) is 11.5 Å². The van der Waals surface area contributed by atoms with Crippen LogP contribution in [0.3, 0.4) is 0 Å². The van der Waals surface area contributed by atoms with Crippen molar-refractivity contribution < 1.29 is 9.47 Å². The highest BCUT2D eigenvalue weighted by atomic mass is 16.7. The molecule has 4 rings (SSSR count). The minimum absolute atomic E-state index is 0.246. The molecule has 3 aromatic rings. The lowest BCUT2D eigenvalue weighted by Gasteiger charge is -1.99. The molecule has 4 heteroatoms. The van der Waals surface area contributed by atoms with E-state index in [1.807, 2.05) is 54.6 Å². The van der Waals surface area contributed by atoms with Crippen LogP contribution in [0.4, 0.5) is 0 Å². The molecule has 22 heavy (non-hydrogen) atoms. The number of hydrogen-bond donors (Lipinski definition) is 1. The molecule has 1 aliphatic rings. The molecule has 0 fully saturated rings. The quantitative estimate of drug-likeness (QED) is 0.726. The molecule has 0 aliphatic carbocycles. The van der Waals surface area contributed by atoms with E-state index in [4.69, 9.17) is 9.47 Å². The summed E-state index contributed by atoms with van der Waals surface area (Å²) in [4.78, 5) is 3.27. The monoisotopic (exact) mass is 288 g/mol. The van der Waals surface area contributed by atoms with E-state index < -0.39 is 0 Å². The molecule has 0 spiro atoms. The summed E-state index contributed by atoms with van der Waals surface area (Å²) < 4.78 is 10.7. The Kier molecular flexibility index (Phi) is 2.84. The van der Waals surface area contributed by atoms with Gasteiger partial charge in [-0.3, -0.25) is 0 Å². The molecule has 0 saturated carbocycles. The third-order valence-electron chi connectivity index (χ3n) is 3.65. The molecule has 0 radical (unpaired) electrons. The number of nitrogens with zero attached hydrogens (tertiary/aromatic N) is 1. The number of nitrogens with one attached hydrogen (secondary N) is 1. The van der Waals surface area contributed by atoms with Gasteiger partial charge in [-0.05, 0) is 35.9 Å². The van der Waals surface area contributed by atoms with E-state index in [0.717, 1.165) is 27.9 Å². The first-order valence-corrected chi connectivity index (χ1v) is 6.93. The van der Waals surface area contributed by atoms with Gasteiger partial charge in [0.1, 0.15) is 6.07 Å². The average Bonchev–Trinajstić information content (AvgIpc) is 3.18. The Hall–Kier alpha value is -3.19. The lowest BCUT2D eigenvalue weighted by molar-refractivity contribution is 0.174. The van der Waals surface area contributed by atoms with Crippen LogP contribution in [-0.2, 0) is 0 Å². The maximum atomic E-state index is 9.47. The molecule has 0 amide bonds. The Balaban J connectivity index is 1.76. The second-order valence-corrected chi connectivity index (χ2v) is 5.05. The van der Waals surface area contributed by atoms with Crippen LogP contribution in [-0.4, -0.2) is 11.8 Å².